The van der Waals surface area contributed by atoms with Crippen LogP contribution in [0.25, 0.3) is 0 Å². The molecule has 0 amide bonds. The molecule has 0 bridgehead atoms. The fourth-order valence-electron chi connectivity index (χ4n) is 4.33. The minimum Gasteiger partial charge on any atom is -0.301 e. The van der Waals surface area contributed by atoms with E-state index < -0.39 is 0 Å². The first-order valence-corrected chi connectivity index (χ1v) is 8.05. The Bertz CT molecular complexity index is 353. The molecule has 0 aromatic heterocycles. The van der Waals surface area contributed by atoms with Gasteiger partial charge in [0.05, 0.1) is 6.07 Å². The van der Waals surface area contributed by atoms with E-state index in [4.69, 9.17) is 0 Å². The molecule has 1 atom stereocenters. The average molecular weight is 261 g/mol. The molecule has 1 heterocycles. The van der Waals surface area contributed by atoms with Crippen molar-refractivity contribution in [1.29, 1.82) is 5.26 Å². The lowest BCUT2D eigenvalue weighted by molar-refractivity contribution is 0.0889. The molecule has 1 aliphatic heterocycles. The number of hydrogen-bond donors (Lipinski definition) is 1. The number of hydrogen-bond acceptors (Lipinski definition) is 3. The minimum absolute atomic E-state index is 0.278. The summed E-state index contributed by atoms with van der Waals surface area (Å²) in [5.41, 5.74) is 0.408. The molecule has 1 spiro atoms. The van der Waals surface area contributed by atoms with Crippen LogP contribution >= 0.6 is 0 Å². The molecule has 0 aromatic carbocycles. The van der Waals surface area contributed by atoms with Crippen molar-refractivity contribution in [1.82, 2.24) is 10.2 Å². The standard InChI is InChI=1S/C16H27N3/c1-18-16(12-17,14-4-5-14)13-19-10-8-15(9-11-19)6-2-3-7-15/h14,18H,2-11,13H2,1H3. The number of nitriles is 1. The first-order chi connectivity index (χ1) is 9.22. The molecule has 19 heavy (non-hydrogen) atoms. The molecule has 2 aliphatic carbocycles. The Balaban J connectivity index is 1.58. The molecule has 3 heteroatoms. The van der Waals surface area contributed by atoms with Crippen molar-refractivity contribution in [2.24, 2.45) is 11.3 Å². The zero-order chi connectivity index (χ0) is 13.3. The zero-order valence-corrected chi connectivity index (χ0v) is 12.2. The molecule has 1 saturated heterocycles. The van der Waals surface area contributed by atoms with Crippen LogP contribution in [-0.4, -0.2) is 37.1 Å². The maximum absolute atomic E-state index is 9.58. The molecule has 2 saturated carbocycles. The summed E-state index contributed by atoms with van der Waals surface area (Å²) in [5.74, 6) is 0.588. The van der Waals surface area contributed by atoms with Crippen molar-refractivity contribution in [3.05, 3.63) is 0 Å². The number of nitrogens with one attached hydrogen (secondary N) is 1. The first-order valence-electron chi connectivity index (χ1n) is 8.05. The van der Waals surface area contributed by atoms with Crippen LogP contribution in [-0.2, 0) is 0 Å². The lowest BCUT2D eigenvalue weighted by Crippen LogP contribution is -2.55. The summed E-state index contributed by atoms with van der Waals surface area (Å²) < 4.78 is 0. The molecule has 3 aliphatic rings. The predicted molar refractivity (Wildman–Crippen MR) is 76.7 cm³/mol. The van der Waals surface area contributed by atoms with Gasteiger partial charge < -0.3 is 10.2 Å². The van der Waals surface area contributed by atoms with Gasteiger partial charge in [-0.25, -0.2) is 0 Å². The fourth-order valence-corrected chi connectivity index (χ4v) is 4.33. The third kappa shape index (κ3) is 2.53. The van der Waals surface area contributed by atoms with Crippen LogP contribution in [0.2, 0.25) is 0 Å². The van der Waals surface area contributed by atoms with Crippen LogP contribution in [0.5, 0.6) is 0 Å². The lowest BCUT2D eigenvalue weighted by Gasteiger charge is -2.42. The van der Waals surface area contributed by atoms with E-state index in [0.29, 0.717) is 11.3 Å². The SMILES string of the molecule is CNC(C#N)(CN1CCC2(CCCC2)CC1)C1CC1. The molecule has 1 unspecified atom stereocenters. The predicted octanol–water partition coefficient (Wildman–Crippen LogP) is 2.53. The summed E-state index contributed by atoms with van der Waals surface area (Å²) in [6.07, 6.45) is 11.0. The third-order valence-electron chi connectivity index (χ3n) is 5.97. The molecule has 0 aromatic rings. The first kappa shape index (κ1) is 13.4. The number of likely N-dealkylation sites (tertiary alicyclic amines) is 1. The molecule has 3 fully saturated rings. The maximum atomic E-state index is 9.58. The van der Waals surface area contributed by atoms with Gasteiger partial charge in [-0.1, -0.05) is 12.8 Å². The second-order valence-corrected chi connectivity index (χ2v) is 7.09. The van der Waals surface area contributed by atoms with Crippen LogP contribution in [0, 0.1) is 22.7 Å². The summed E-state index contributed by atoms with van der Waals surface area (Å²) >= 11 is 0. The average Bonchev–Trinajstić information content (AvgIpc) is 3.21. The maximum Gasteiger partial charge on any atom is 0.122 e. The smallest absolute Gasteiger partial charge is 0.122 e. The molecular weight excluding hydrogens is 234 g/mol. The fraction of sp³-hybridized carbons (Fsp3) is 0.938. The van der Waals surface area contributed by atoms with E-state index in [9.17, 15) is 5.26 Å². The highest BCUT2D eigenvalue weighted by Crippen LogP contribution is 2.47. The van der Waals surface area contributed by atoms with E-state index in [-0.39, 0.29) is 5.54 Å². The van der Waals surface area contributed by atoms with Crippen molar-refractivity contribution >= 4 is 0 Å². The molecule has 3 nitrogen and oxygen atoms in total. The Kier molecular flexibility index (Phi) is 3.57. The van der Waals surface area contributed by atoms with E-state index in [2.05, 4.69) is 16.3 Å². The Labute approximate surface area is 117 Å². The highest BCUT2D eigenvalue weighted by atomic mass is 15.2. The normalized spacial score (nSPS) is 30.1. The van der Waals surface area contributed by atoms with Crippen LogP contribution < -0.4 is 5.32 Å². The highest BCUT2D eigenvalue weighted by molar-refractivity contribution is 5.16. The van der Waals surface area contributed by atoms with Gasteiger partial charge in [-0.05, 0) is 70.0 Å². The van der Waals surface area contributed by atoms with Gasteiger partial charge in [0.1, 0.15) is 5.54 Å². The summed E-state index contributed by atoms with van der Waals surface area (Å²) in [6, 6.07) is 2.58. The monoisotopic (exact) mass is 261 g/mol. The van der Waals surface area contributed by atoms with Crippen LogP contribution in [0.15, 0.2) is 0 Å². The highest BCUT2D eigenvalue weighted by Gasteiger charge is 2.47. The molecular formula is C16H27N3. The van der Waals surface area contributed by atoms with Gasteiger partial charge in [0.15, 0.2) is 0 Å². The van der Waals surface area contributed by atoms with Gasteiger partial charge in [0, 0.05) is 6.54 Å². The van der Waals surface area contributed by atoms with Crippen LogP contribution in [0.1, 0.15) is 51.4 Å². The van der Waals surface area contributed by atoms with Crippen LogP contribution in [0.3, 0.4) is 0 Å². The van der Waals surface area contributed by atoms with Crippen LogP contribution in [0.4, 0.5) is 0 Å². The van der Waals surface area contributed by atoms with Gasteiger partial charge in [0.2, 0.25) is 0 Å². The van der Waals surface area contributed by atoms with Crippen molar-refractivity contribution < 1.29 is 0 Å². The summed E-state index contributed by atoms with van der Waals surface area (Å²) in [5, 5.41) is 12.9. The van der Waals surface area contributed by atoms with Gasteiger partial charge >= 0.3 is 0 Å². The number of nitrogens with zero attached hydrogens (tertiary/aromatic N) is 2. The second-order valence-electron chi connectivity index (χ2n) is 7.09. The Morgan fingerprint density at radius 2 is 1.84 bits per heavy atom. The van der Waals surface area contributed by atoms with E-state index in [1.54, 1.807) is 0 Å². The number of rotatable bonds is 4. The Hall–Kier alpha value is -0.590. The van der Waals surface area contributed by atoms with Crippen molar-refractivity contribution in [2.75, 3.05) is 26.7 Å². The Morgan fingerprint density at radius 1 is 1.21 bits per heavy atom. The van der Waals surface area contributed by atoms with Gasteiger partial charge in [-0.2, -0.15) is 5.26 Å². The molecule has 1 N–H and O–H groups in total. The van der Waals surface area contributed by atoms with E-state index in [0.717, 1.165) is 6.54 Å². The van der Waals surface area contributed by atoms with Gasteiger partial charge in [-0.15, -0.1) is 0 Å². The third-order valence-corrected chi connectivity index (χ3v) is 5.97. The van der Waals surface area contributed by atoms with Crippen molar-refractivity contribution in [3.63, 3.8) is 0 Å². The molecule has 0 radical (unpaired) electrons. The largest absolute Gasteiger partial charge is 0.301 e. The second kappa shape index (κ2) is 5.07. The summed E-state index contributed by atoms with van der Waals surface area (Å²) in [6.45, 7) is 3.34. The van der Waals surface area contributed by atoms with E-state index in [1.165, 1.54) is 64.5 Å². The van der Waals surface area contributed by atoms with Crippen molar-refractivity contribution in [3.8, 4) is 6.07 Å². The van der Waals surface area contributed by atoms with Crippen molar-refractivity contribution in [2.45, 2.75) is 56.9 Å². The zero-order valence-electron chi connectivity index (χ0n) is 12.2. The van der Waals surface area contributed by atoms with E-state index >= 15 is 0 Å². The lowest BCUT2D eigenvalue weighted by atomic mass is 9.76. The van der Waals surface area contributed by atoms with Gasteiger partial charge in [0.25, 0.3) is 0 Å². The number of piperidine rings is 1. The van der Waals surface area contributed by atoms with Gasteiger partial charge in [-0.3, -0.25) is 0 Å². The minimum atomic E-state index is -0.278. The Morgan fingerprint density at radius 3 is 2.32 bits per heavy atom. The summed E-state index contributed by atoms with van der Waals surface area (Å²) in [7, 11) is 1.96. The quantitative estimate of drug-likeness (QED) is 0.845. The number of likely N-dealkylation sites (N-methyl/N-ethyl adjacent to an activating group) is 1. The summed E-state index contributed by atoms with van der Waals surface area (Å²) in [4.78, 5) is 2.54. The molecule has 106 valence electrons. The molecule has 3 rings (SSSR count). The topological polar surface area (TPSA) is 39.1 Å². The van der Waals surface area contributed by atoms with E-state index in [1.807, 2.05) is 7.05 Å².